The first-order chi connectivity index (χ1) is 14.9. The van der Waals surface area contributed by atoms with Crippen LogP contribution in [0.3, 0.4) is 0 Å². The standard InChI is InChI=1S/C24H23ClN2O4/c1-16-14-21(25)23(28)27(13-12-17-6-9-19(10-7-17)24(29)31-26)22(16)11-8-18-4-3-5-20(15-18)30-2/h3-11,14-15H,12-13,26H2,1-2H3/b11-8+. The van der Waals surface area contributed by atoms with Gasteiger partial charge in [-0.3, -0.25) is 4.79 Å². The van der Waals surface area contributed by atoms with Gasteiger partial charge in [0.15, 0.2) is 0 Å². The topological polar surface area (TPSA) is 83.5 Å². The zero-order valence-corrected chi connectivity index (χ0v) is 18.1. The Hall–Kier alpha value is -3.35. The molecule has 0 aliphatic carbocycles. The quantitative estimate of drug-likeness (QED) is 0.557. The lowest BCUT2D eigenvalue weighted by Gasteiger charge is -2.14. The summed E-state index contributed by atoms with van der Waals surface area (Å²) in [5.74, 6) is 5.07. The molecule has 2 aromatic carbocycles. The fourth-order valence-corrected chi connectivity index (χ4v) is 3.52. The van der Waals surface area contributed by atoms with Gasteiger partial charge in [-0.05, 0) is 66.4 Å². The molecule has 3 rings (SSSR count). The molecule has 0 unspecified atom stereocenters. The molecule has 2 N–H and O–H groups in total. The molecule has 1 heterocycles. The average Bonchev–Trinajstić information content (AvgIpc) is 2.79. The zero-order valence-electron chi connectivity index (χ0n) is 17.3. The van der Waals surface area contributed by atoms with Crippen molar-refractivity contribution < 1.29 is 14.4 Å². The van der Waals surface area contributed by atoms with Gasteiger partial charge in [0.1, 0.15) is 10.8 Å². The molecule has 0 atom stereocenters. The predicted molar refractivity (Wildman–Crippen MR) is 122 cm³/mol. The predicted octanol–water partition coefficient (Wildman–Crippen LogP) is 4.26. The van der Waals surface area contributed by atoms with E-state index in [1.807, 2.05) is 43.3 Å². The Bertz CT molecular complexity index is 1170. The van der Waals surface area contributed by atoms with Crippen LogP contribution < -0.4 is 16.2 Å². The van der Waals surface area contributed by atoms with E-state index < -0.39 is 5.97 Å². The number of nitrogens with zero attached hydrogens (tertiary/aromatic N) is 1. The van der Waals surface area contributed by atoms with Crippen molar-refractivity contribution in [3.63, 3.8) is 0 Å². The Morgan fingerprint density at radius 3 is 2.55 bits per heavy atom. The first-order valence-corrected chi connectivity index (χ1v) is 10.0. The van der Waals surface area contributed by atoms with E-state index in [2.05, 4.69) is 4.84 Å². The minimum atomic E-state index is -0.599. The number of methoxy groups -OCH3 is 1. The molecule has 31 heavy (non-hydrogen) atoms. The molecule has 0 fully saturated rings. The molecular formula is C24H23ClN2O4. The third kappa shape index (κ3) is 5.42. The van der Waals surface area contributed by atoms with Gasteiger partial charge in [0.25, 0.3) is 5.56 Å². The van der Waals surface area contributed by atoms with Crippen molar-refractivity contribution in [3.05, 3.63) is 97.9 Å². The summed E-state index contributed by atoms with van der Waals surface area (Å²) in [4.78, 5) is 28.5. The number of ether oxygens (including phenoxy) is 1. The van der Waals surface area contributed by atoms with Crippen LogP contribution in [0.1, 0.15) is 32.7 Å². The molecule has 0 radical (unpaired) electrons. The number of benzene rings is 2. The van der Waals surface area contributed by atoms with Gasteiger partial charge in [0.2, 0.25) is 0 Å². The molecule has 0 aliphatic rings. The van der Waals surface area contributed by atoms with Gasteiger partial charge >= 0.3 is 5.97 Å². The Morgan fingerprint density at radius 2 is 1.87 bits per heavy atom. The highest BCUT2D eigenvalue weighted by Gasteiger charge is 2.11. The monoisotopic (exact) mass is 438 g/mol. The maximum Gasteiger partial charge on any atom is 0.356 e. The summed E-state index contributed by atoms with van der Waals surface area (Å²) in [6.45, 7) is 2.35. The maximum atomic E-state index is 12.8. The van der Waals surface area contributed by atoms with E-state index >= 15 is 0 Å². The highest BCUT2D eigenvalue weighted by molar-refractivity contribution is 6.30. The molecule has 0 saturated carbocycles. The van der Waals surface area contributed by atoms with Crippen molar-refractivity contribution >= 4 is 29.7 Å². The first kappa shape index (κ1) is 22.3. The zero-order chi connectivity index (χ0) is 22.4. The van der Waals surface area contributed by atoms with Gasteiger partial charge in [-0.15, -0.1) is 0 Å². The molecule has 0 spiro atoms. The minimum absolute atomic E-state index is 0.178. The number of hydrogen-bond donors (Lipinski definition) is 1. The molecule has 0 saturated heterocycles. The smallest absolute Gasteiger partial charge is 0.356 e. The van der Waals surface area contributed by atoms with E-state index in [1.54, 1.807) is 42.0 Å². The Kier molecular flexibility index (Phi) is 7.28. The molecule has 3 aromatic rings. The summed E-state index contributed by atoms with van der Waals surface area (Å²) < 4.78 is 6.93. The second-order valence-corrected chi connectivity index (χ2v) is 7.39. The fourth-order valence-electron chi connectivity index (χ4n) is 3.26. The lowest BCUT2D eigenvalue weighted by atomic mass is 10.1. The lowest BCUT2D eigenvalue weighted by molar-refractivity contribution is 0.0503. The Labute approximate surface area is 185 Å². The van der Waals surface area contributed by atoms with Crippen LogP contribution in [0.5, 0.6) is 5.75 Å². The van der Waals surface area contributed by atoms with E-state index in [9.17, 15) is 9.59 Å². The van der Waals surface area contributed by atoms with E-state index in [1.165, 1.54) is 0 Å². The van der Waals surface area contributed by atoms with Gasteiger partial charge in [-0.1, -0.05) is 41.9 Å². The van der Waals surface area contributed by atoms with Crippen LogP contribution in [0.25, 0.3) is 12.2 Å². The number of carbonyl (C=O) groups excluding carboxylic acids is 1. The SMILES string of the molecule is COc1cccc(/C=C/c2c(C)cc(Cl)c(=O)n2CCc2ccc(C(=O)ON)cc2)c1. The molecule has 7 heteroatoms. The molecule has 1 aromatic heterocycles. The fraction of sp³-hybridized carbons (Fsp3) is 0.167. The van der Waals surface area contributed by atoms with Gasteiger partial charge in [0, 0.05) is 12.2 Å². The van der Waals surface area contributed by atoms with E-state index in [0.29, 0.717) is 18.5 Å². The summed E-state index contributed by atoms with van der Waals surface area (Å²) in [6, 6.07) is 16.2. The number of aryl methyl sites for hydroxylation is 2. The lowest BCUT2D eigenvalue weighted by Crippen LogP contribution is -2.24. The molecule has 0 aliphatic heterocycles. The normalized spacial score (nSPS) is 11.0. The largest absolute Gasteiger partial charge is 0.497 e. The summed E-state index contributed by atoms with van der Waals surface area (Å²) in [5, 5.41) is 0.178. The van der Waals surface area contributed by atoms with Crippen LogP contribution in [0.2, 0.25) is 5.02 Å². The molecule has 6 nitrogen and oxygen atoms in total. The number of aromatic nitrogens is 1. The van der Waals surface area contributed by atoms with Crippen molar-refractivity contribution in [2.45, 2.75) is 19.9 Å². The van der Waals surface area contributed by atoms with Crippen LogP contribution in [0, 0.1) is 6.92 Å². The first-order valence-electron chi connectivity index (χ1n) is 9.65. The number of carbonyl (C=O) groups is 1. The summed E-state index contributed by atoms with van der Waals surface area (Å²) in [5.41, 5.74) is 3.70. The number of pyridine rings is 1. The van der Waals surface area contributed by atoms with Crippen LogP contribution >= 0.6 is 11.6 Å². The second-order valence-electron chi connectivity index (χ2n) is 6.98. The third-order valence-electron chi connectivity index (χ3n) is 4.94. The van der Waals surface area contributed by atoms with Gasteiger partial charge < -0.3 is 14.1 Å². The number of hydrogen-bond acceptors (Lipinski definition) is 5. The second kappa shape index (κ2) is 10.1. The third-order valence-corrected chi connectivity index (χ3v) is 5.21. The van der Waals surface area contributed by atoms with Crippen LogP contribution in [-0.2, 0) is 17.8 Å². The Balaban J connectivity index is 1.88. The molecule has 0 bridgehead atoms. The highest BCUT2D eigenvalue weighted by atomic mass is 35.5. The molecule has 160 valence electrons. The van der Waals surface area contributed by atoms with E-state index in [4.69, 9.17) is 22.2 Å². The summed E-state index contributed by atoms with van der Waals surface area (Å²) in [6.07, 6.45) is 4.42. The van der Waals surface area contributed by atoms with E-state index in [0.717, 1.165) is 28.1 Å². The van der Waals surface area contributed by atoms with E-state index in [-0.39, 0.29) is 10.6 Å². The van der Waals surface area contributed by atoms with Crippen molar-refractivity contribution in [1.29, 1.82) is 0 Å². The van der Waals surface area contributed by atoms with Gasteiger partial charge in [0.05, 0.1) is 12.7 Å². The Morgan fingerprint density at radius 1 is 1.13 bits per heavy atom. The number of nitrogens with two attached hydrogens (primary N) is 1. The minimum Gasteiger partial charge on any atom is -0.497 e. The molecule has 0 amide bonds. The summed E-state index contributed by atoms with van der Waals surface area (Å²) in [7, 11) is 1.62. The van der Waals surface area contributed by atoms with Crippen LogP contribution in [-0.4, -0.2) is 17.6 Å². The van der Waals surface area contributed by atoms with Gasteiger partial charge in [-0.25, -0.2) is 4.79 Å². The highest BCUT2D eigenvalue weighted by Crippen LogP contribution is 2.18. The average molecular weight is 439 g/mol. The van der Waals surface area contributed by atoms with Crippen LogP contribution in [0.15, 0.2) is 59.4 Å². The van der Waals surface area contributed by atoms with Crippen molar-refractivity contribution in [1.82, 2.24) is 4.57 Å². The van der Waals surface area contributed by atoms with Crippen molar-refractivity contribution in [3.8, 4) is 5.75 Å². The van der Waals surface area contributed by atoms with Crippen LogP contribution in [0.4, 0.5) is 0 Å². The number of rotatable bonds is 7. The maximum absolute atomic E-state index is 12.8. The van der Waals surface area contributed by atoms with Gasteiger partial charge in [-0.2, -0.15) is 5.90 Å². The summed E-state index contributed by atoms with van der Waals surface area (Å²) >= 11 is 6.16. The molecular weight excluding hydrogens is 416 g/mol. The van der Waals surface area contributed by atoms with Crippen molar-refractivity contribution in [2.75, 3.05) is 7.11 Å². The van der Waals surface area contributed by atoms with Crippen molar-refractivity contribution in [2.24, 2.45) is 5.90 Å². The number of halogens is 1.